The van der Waals surface area contributed by atoms with E-state index in [9.17, 15) is 4.79 Å². The lowest BCUT2D eigenvalue weighted by molar-refractivity contribution is 0.0627. The number of carbonyl (C=O) groups is 1. The van der Waals surface area contributed by atoms with E-state index >= 15 is 0 Å². The minimum atomic E-state index is 0.0875. The van der Waals surface area contributed by atoms with Gasteiger partial charge in [0.05, 0.1) is 12.3 Å². The van der Waals surface area contributed by atoms with Crippen LogP contribution in [0.2, 0.25) is 0 Å². The second-order valence-corrected chi connectivity index (χ2v) is 6.91. The molecule has 25 heavy (non-hydrogen) atoms. The van der Waals surface area contributed by atoms with Crippen molar-refractivity contribution in [2.24, 2.45) is 0 Å². The normalized spacial score (nSPS) is 15.2. The van der Waals surface area contributed by atoms with Crippen LogP contribution in [0.25, 0.3) is 0 Å². The van der Waals surface area contributed by atoms with E-state index in [1.165, 1.54) is 0 Å². The van der Waals surface area contributed by atoms with E-state index in [0.717, 1.165) is 48.6 Å². The maximum Gasteiger partial charge on any atom is 0.253 e. The van der Waals surface area contributed by atoms with Crippen LogP contribution in [0.3, 0.4) is 0 Å². The highest BCUT2D eigenvalue weighted by atomic mass is 79.9. The van der Waals surface area contributed by atoms with E-state index < -0.39 is 0 Å². The second-order valence-electron chi connectivity index (χ2n) is 5.99. The third kappa shape index (κ3) is 4.80. The number of piperazine rings is 1. The third-order valence-electron chi connectivity index (χ3n) is 4.25. The Hall–Kier alpha value is -1.92. The van der Waals surface area contributed by atoms with Crippen LogP contribution in [0.4, 0.5) is 0 Å². The van der Waals surface area contributed by atoms with Crippen LogP contribution in [0.5, 0.6) is 5.75 Å². The van der Waals surface area contributed by atoms with Crippen molar-refractivity contribution in [2.75, 3.05) is 32.8 Å². The first-order valence-electron chi connectivity index (χ1n) is 8.50. The number of amides is 1. The Bertz CT molecular complexity index is 696. The number of pyridine rings is 1. The van der Waals surface area contributed by atoms with Gasteiger partial charge in [-0.1, -0.05) is 0 Å². The first kappa shape index (κ1) is 17.9. The average Bonchev–Trinajstić information content (AvgIpc) is 2.65. The van der Waals surface area contributed by atoms with Gasteiger partial charge in [0.15, 0.2) is 0 Å². The molecule has 0 radical (unpaired) electrons. The number of ether oxygens (including phenoxy) is 1. The van der Waals surface area contributed by atoms with Gasteiger partial charge in [-0.05, 0) is 59.3 Å². The molecule has 1 saturated heterocycles. The van der Waals surface area contributed by atoms with E-state index in [2.05, 4.69) is 25.8 Å². The lowest BCUT2D eigenvalue weighted by Crippen LogP contribution is -2.48. The molecule has 1 aromatic heterocycles. The van der Waals surface area contributed by atoms with Crippen molar-refractivity contribution in [1.82, 2.24) is 14.8 Å². The minimum Gasteiger partial charge on any atom is -0.494 e. The fourth-order valence-electron chi connectivity index (χ4n) is 2.88. The fourth-order valence-corrected chi connectivity index (χ4v) is 3.12. The molecule has 1 aliphatic heterocycles. The van der Waals surface area contributed by atoms with Crippen LogP contribution < -0.4 is 4.74 Å². The van der Waals surface area contributed by atoms with E-state index in [-0.39, 0.29) is 5.91 Å². The highest BCUT2D eigenvalue weighted by Crippen LogP contribution is 2.16. The van der Waals surface area contributed by atoms with Gasteiger partial charge in [-0.3, -0.25) is 14.7 Å². The fraction of sp³-hybridized carbons (Fsp3) is 0.368. The minimum absolute atomic E-state index is 0.0875. The summed E-state index contributed by atoms with van der Waals surface area (Å²) in [5.41, 5.74) is 1.76. The van der Waals surface area contributed by atoms with Crippen LogP contribution >= 0.6 is 15.9 Å². The molecule has 3 rings (SSSR count). The molecule has 0 unspecified atom stereocenters. The largest absolute Gasteiger partial charge is 0.494 e. The summed E-state index contributed by atoms with van der Waals surface area (Å²) in [4.78, 5) is 21.3. The number of benzene rings is 1. The molecule has 2 aromatic rings. The van der Waals surface area contributed by atoms with Crippen LogP contribution in [0, 0.1) is 0 Å². The number of aromatic nitrogens is 1. The standard InChI is InChI=1S/C19H22BrN3O2/c1-2-25-18-7-3-15(4-8-18)19(24)23-11-9-22(10-12-23)14-17-6-5-16(20)13-21-17/h3-8,13H,2,9-12,14H2,1H3. The van der Waals surface area contributed by atoms with Gasteiger partial charge in [-0.25, -0.2) is 0 Å². The Labute approximate surface area is 156 Å². The van der Waals surface area contributed by atoms with Crippen LogP contribution in [0.15, 0.2) is 47.1 Å². The molecule has 1 fully saturated rings. The molecule has 1 aliphatic rings. The van der Waals surface area contributed by atoms with Gasteiger partial charge < -0.3 is 9.64 Å². The van der Waals surface area contributed by atoms with Gasteiger partial charge in [0.2, 0.25) is 0 Å². The zero-order valence-electron chi connectivity index (χ0n) is 14.3. The molecule has 0 spiro atoms. The molecular formula is C19H22BrN3O2. The van der Waals surface area contributed by atoms with Crippen molar-refractivity contribution in [2.45, 2.75) is 13.5 Å². The molecule has 1 aromatic carbocycles. The van der Waals surface area contributed by atoms with E-state index in [4.69, 9.17) is 4.74 Å². The summed E-state index contributed by atoms with van der Waals surface area (Å²) in [6.07, 6.45) is 1.82. The van der Waals surface area contributed by atoms with Crippen LogP contribution in [-0.2, 0) is 6.54 Å². The zero-order chi connectivity index (χ0) is 17.6. The molecule has 0 aliphatic carbocycles. The quantitative estimate of drug-likeness (QED) is 0.768. The predicted octanol–water partition coefficient (Wildman–Crippen LogP) is 3.20. The number of carbonyl (C=O) groups excluding carboxylic acids is 1. The van der Waals surface area contributed by atoms with Gasteiger partial charge in [0.25, 0.3) is 5.91 Å². The van der Waals surface area contributed by atoms with Gasteiger partial charge in [0, 0.05) is 49.0 Å². The summed E-state index contributed by atoms with van der Waals surface area (Å²) in [7, 11) is 0. The van der Waals surface area contributed by atoms with Gasteiger partial charge >= 0.3 is 0 Å². The topological polar surface area (TPSA) is 45.7 Å². The summed E-state index contributed by atoms with van der Waals surface area (Å²) in [6, 6.07) is 11.4. The number of nitrogens with zero attached hydrogens (tertiary/aromatic N) is 3. The summed E-state index contributed by atoms with van der Waals surface area (Å²) in [6.45, 7) is 6.59. The van der Waals surface area contributed by atoms with Gasteiger partial charge in [-0.15, -0.1) is 0 Å². The molecular weight excluding hydrogens is 382 g/mol. The van der Waals surface area contributed by atoms with E-state index in [0.29, 0.717) is 12.2 Å². The molecule has 0 N–H and O–H groups in total. The first-order chi connectivity index (χ1) is 12.2. The maximum atomic E-state index is 12.6. The summed E-state index contributed by atoms with van der Waals surface area (Å²) in [5.74, 6) is 0.885. The molecule has 0 atom stereocenters. The highest BCUT2D eigenvalue weighted by molar-refractivity contribution is 9.10. The lowest BCUT2D eigenvalue weighted by Gasteiger charge is -2.34. The number of rotatable bonds is 5. The summed E-state index contributed by atoms with van der Waals surface area (Å²) in [5, 5.41) is 0. The maximum absolute atomic E-state index is 12.6. The second kappa shape index (κ2) is 8.45. The van der Waals surface area contributed by atoms with Crippen molar-refractivity contribution in [3.63, 3.8) is 0 Å². The molecule has 0 bridgehead atoms. The number of hydrogen-bond donors (Lipinski definition) is 0. The summed E-state index contributed by atoms with van der Waals surface area (Å²) < 4.78 is 6.41. The SMILES string of the molecule is CCOc1ccc(C(=O)N2CCN(Cc3ccc(Br)cn3)CC2)cc1. The Balaban J connectivity index is 1.52. The smallest absolute Gasteiger partial charge is 0.253 e. The van der Waals surface area contributed by atoms with Crippen molar-refractivity contribution < 1.29 is 9.53 Å². The van der Waals surface area contributed by atoms with E-state index in [1.54, 1.807) is 0 Å². The lowest BCUT2D eigenvalue weighted by atomic mass is 10.1. The van der Waals surface area contributed by atoms with Crippen molar-refractivity contribution in [1.29, 1.82) is 0 Å². The zero-order valence-corrected chi connectivity index (χ0v) is 15.9. The molecule has 1 amide bonds. The third-order valence-corrected chi connectivity index (χ3v) is 4.72. The van der Waals surface area contributed by atoms with Gasteiger partial charge in [0.1, 0.15) is 5.75 Å². The van der Waals surface area contributed by atoms with E-state index in [1.807, 2.05) is 54.4 Å². The van der Waals surface area contributed by atoms with Crippen LogP contribution in [-0.4, -0.2) is 53.5 Å². The number of hydrogen-bond acceptors (Lipinski definition) is 4. The molecule has 6 heteroatoms. The van der Waals surface area contributed by atoms with Crippen molar-refractivity contribution in [3.05, 3.63) is 58.3 Å². The number of halogens is 1. The first-order valence-corrected chi connectivity index (χ1v) is 9.30. The monoisotopic (exact) mass is 403 g/mol. The average molecular weight is 404 g/mol. The Morgan fingerprint density at radius 3 is 2.44 bits per heavy atom. The molecule has 5 nitrogen and oxygen atoms in total. The molecule has 132 valence electrons. The predicted molar refractivity (Wildman–Crippen MR) is 101 cm³/mol. The highest BCUT2D eigenvalue weighted by Gasteiger charge is 2.22. The van der Waals surface area contributed by atoms with Crippen molar-refractivity contribution in [3.8, 4) is 5.75 Å². The van der Waals surface area contributed by atoms with Crippen LogP contribution in [0.1, 0.15) is 23.0 Å². The summed E-state index contributed by atoms with van der Waals surface area (Å²) >= 11 is 3.40. The van der Waals surface area contributed by atoms with Crippen molar-refractivity contribution >= 4 is 21.8 Å². The Morgan fingerprint density at radius 1 is 1.12 bits per heavy atom. The molecule has 2 heterocycles. The van der Waals surface area contributed by atoms with Gasteiger partial charge in [-0.2, -0.15) is 0 Å². The molecule has 0 saturated carbocycles. The Morgan fingerprint density at radius 2 is 1.84 bits per heavy atom. The Kier molecular flexibility index (Phi) is 6.04.